The highest BCUT2D eigenvalue weighted by Gasteiger charge is 2.21. The van der Waals surface area contributed by atoms with Crippen LogP contribution in [0, 0.1) is 0 Å². The van der Waals surface area contributed by atoms with Gasteiger partial charge in [0.2, 0.25) is 0 Å². The highest BCUT2D eigenvalue weighted by Crippen LogP contribution is 2.35. The van der Waals surface area contributed by atoms with Crippen molar-refractivity contribution in [2.24, 2.45) is 4.99 Å². The highest BCUT2D eigenvalue weighted by molar-refractivity contribution is 7.19. The number of Topliss-reactive ketones (excluding diaryl/α,β-unsaturated/α-hetero) is 1. The van der Waals surface area contributed by atoms with E-state index in [1.807, 2.05) is 30.3 Å². The van der Waals surface area contributed by atoms with Crippen molar-refractivity contribution in [1.82, 2.24) is 0 Å². The van der Waals surface area contributed by atoms with Gasteiger partial charge >= 0.3 is 0 Å². The van der Waals surface area contributed by atoms with Crippen molar-refractivity contribution in [3.05, 3.63) is 57.9 Å². The number of thiophene rings is 1. The van der Waals surface area contributed by atoms with Crippen molar-refractivity contribution >= 4 is 45.0 Å². The van der Waals surface area contributed by atoms with E-state index in [-0.39, 0.29) is 12.3 Å². The molecule has 0 aliphatic heterocycles. The minimum Gasteiger partial charge on any atom is -0.493 e. The Kier molecular flexibility index (Phi) is 6.67. The van der Waals surface area contributed by atoms with E-state index in [1.165, 1.54) is 21.3 Å². The first-order valence-corrected chi connectivity index (χ1v) is 9.72. The molecule has 2 aromatic carbocycles. The van der Waals surface area contributed by atoms with Gasteiger partial charge in [0.05, 0.1) is 19.2 Å². The summed E-state index contributed by atoms with van der Waals surface area (Å²) in [6, 6.07) is 13.4. The first-order valence-electron chi connectivity index (χ1n) is 8.52. The third-order valence-electron chi connectivity index (χ3n) is 4.17. The van der Waals surface area contributed by atoms with E-state index in [2.05, 4.69) is 4.99 Å². The van der Waals surface area contributed by atoms with Gasteiger partial charge in [-0.25, -0.2) is 0 Å². The van der Waals surface area contributed by atoms with E-state index < -0.39 is 6.10 Å². The van der Waals surface area contributed by atoms with Gasteiger partial charge < -0.3 is 14.2 Å². The molecule has 7 heteroatoms. The maximum Gasteiger partial charge on any atom is 0.188 e. The van der Waals surface area contributed by atoms with Crippen molar-refractivity contribution in [3.8, 4) is 11.5 Å². The Morgan fingerprint density at radius 3 is 2.64 bits per heavy atom. The standard InChI is InChI=1S/C21H20ClNO4S/c1-25-17-9-13(8-15(22)20(17)26-2)11-23-12-16(24)21(27-3)19-10-14-6-4-5-7-18(14)28-19/h4-11,21H,12H2,1-3H3. The van der Waals surface area contributed by atoms with Crippen LogP contribution in [-0.4, -0.2) is 39.9 Å². The predicted molar refractivity (Wildman–Crippen MR) is 114 cm³/mol. The Morgan fingerprint density at radius 1 is 1.18 bits per heavy atom. The van der Waals surface area contributed by atoms with Crippen LogP contribution in [0.15, 0.2) is 47.5 Å². The van der Waals surface area contributed by atoms with Gasteiger partial charge in [-0.3, -0.25) is 9.79 Å². The topological polar surface area (TPSA) is 57.1 Å². The molecule has 0 saturated heterocycles. The second-order valence-electron chi connectivity index (χ2n) is 5.98. The van der Waals surface area contributed by atoms with Crippen LogP contribution in [0.3, 0.4) is 0 Å². The maximum absolute atomic E-state index is 12.6. The summed E-state index contributed by atoms with van der Waals surface area (Å²) < 4.78 is 17.1. The summed E-state index contributed by atoms with van der Waals surface area (Å²) in [7, 11) is 4.59. The van der Waals surface area contributed by atoms with Gasteiger partial charge in [0.25, 0.3) is 0 Å². The lowest BCUT2D eigenvalue weighted by atomic mass is 10.1. The molecule has 0 amide bonds. The first kappa shape index (κ1) is 20.3. The second-order valence-corrected chi connectivity index (χ2v) is 7.50. The van der Waals surface area contributed by atoms with Gasteiger partial charge in [-0.2, -0.15) is 0 Å². The van der Waals surface area contributed by atoms with Crippen LogP contribution in [0.5, 0.6) is 11.5 Å². The number of ether oxygens (including phenoxy) is 3. The number of carbonyl (C=O) groups is 1. The Bertz CT molecular complexity index is 982. The summed E-state index contributed by atoms with van der Waals surface area (Å²) in [6.45, 7) is -0.00127. The van der Waals surface area contributed by atoms with Crippen LogP contribution < -0.4 is 9.47 Å². The van der Waals surface area contributed by atoms with E-state index >= 15 is 0 Å². The Morgan fingerprint density at radius 2 is 1.96 bits per heavy atom. The van der Waals surface area contributed by atoms with Crippen molar-refractivity contribution in [2.75, 3.05) is 27.9 Å². The summed E-state index contributed by atoms with van der Waals surface area (Å²) in [5.41, 5.74) is 0.714. The van der Waals surface area contributed by atoms with Gasteiger partial charge in [-0.15, -0.1) is 11.3 Å². The van der Waals surface area contributed by atoms with Gasteiger partial charge in [-0.1, -0.05) is 29.8 Å². The fraction of sp³-hybridized carbons (Fsp3) is 0.238. The SMILES string of the molecule is COc1cc(C=NCC(=O)C(OC)c2cc3ccccc3s2)cc(Cl)c1OC. The van der Waals surface area contributed by atoms with Crippen molar-refractivity contribution in [2.45, 2.75) is 6.10 Å². The lowest BCUT2D eigenvalue weighted by molar-refractivity contribution is -0.127. The molecule has 0 aliphatic rings. The molecule has 0 bridgehead atoms. The number of ketones is 1. The van der Waals surface area contributed by atoms with Crippen LogP contribution in [0.4, 0.5) is 0 Å². The average molecular weight is 418 g/mol. The zero-order valence-electron chi connectivity index (χ0n) is 15.8. The number of nitrogens with zero attached hydrogens (tertiary/aromatic N) is 1. The smallest absolute Gasteiger partial charge is 0.188 e. The maximum atomic E-state index is 12.6. The van der Waals surface area contributed by atoms with Crippen LogP contribution in [-0.2, 0) is 9.53 Å². The van der Waals surface area contributed by atoms with Crippen LogP contribution in [0.25, 0.3) is 10.1 Å². The first-order chi connectivity index (χ1) is 13.6. The fourth-order valence-electron chi connectivity index (χ4n) is 2.87. The van der Waals surface area contributed by atoms with Gasteiger partial charge in [0.1, 0.15) is 6.54 Å². The third-order valence-corrected chi connectivity index (χ3v) is 5.61. The Labute approximate surface area is 172 Å². The quantitative estimate of drug-likeness (QED) is 0.487. The molecule has 1 heterocycles. The average Bonchev–Trinajstić information content (AvgIpc) is 3.11. The molecular formula is C21H20ClNO4S. The molecule has 3 rings (SSSR count). The number of methoxy groups -OCH3 is 3. The molecule has 0 spiro atoms. The fourth-order valence-corrected chi connectivity index (χ4v) is 4.34. The summed E-state index contributed by atoms with van der Waals surface area (Å²) in [5, 5.41) is 1.51. The van der Waals surface area contributed by atoms with E-state index in [4.69, 9.17) is 25.8 Å². The van der Waals surface area contributed by atoms with E-state index in [9.17, 15) is 4.79 Å². The van der Waals surface area contributed by atoms with E-state index in [0.717, 1.165) is 15.0 Å². The predicted octanol–water partition coefficient (Wildman–Crippen LogP) is 4.95. The number of fused-ring (bicyclic) bond motifs is 1. The van der Waals surface area contributed by atoms with Crippen LogP contribution >= 0.6 is 22.9 Å². The Hall–Kier alpha value is -2.41. The molecule has 0 saturated carbocycles. The van der Waals surface area contributed by atoms with E-state index in [1.54, 1.807) is 29.7 Å². The lowest BCUT2D eigenvalue weighted by Crippen LogP contribution is -2.16. The largest absolute Gasteiger partial charge is 0.493 e. The molecule has 0 fully saturated rings. The molecule has 1 unspecified atom stereocenters. The molecule has 146 valence electrons. The normalized spacial score (nSPS) is 12.4. The molecule has 3 aromatic rings. The number of hydrogen-bond acceptors (Lipinski definition) is 6. The Balaban J connectivity index is 1.74. The second kappa shape index (κ2) is 9.19. The lowest BCUT2D eigenvalue weighted by Gasteiger charge is -2.11. The molecule has 1 aromatic heterocycles. The molecule has 1 atom stereocenters. The minimum atomic E-state index is -0.636. The molecular weight excluding hydrogens is 398 g/mol. The summed E-state index contributed by atoms with van der Waals surface area (Å²) in [5.74, 6) is 0.848. The zero-order chi connectivity index (χ0) is 20.1. The number of benzene rings is 2. The van der Waals surface area contributed by atoms with Gasteiger partial charge in [0, 0.05) is 22.9 Å². The number of halogens is 1. The number of aliphatic imine (C=N–C) groups is 1. The molecule has 5 nitrogen and oxygen atoms in total. The molecule has 0 aliphatic carbocycles. The monoisotopic (exact) mass is 417 g/mol. The minimum absolute atomic E-state index is 0.00127. The van der Waals surface area contributed by atoms with E-state index in [0.29, 0.717) is 22.1 Å². The zero-order valence-corrected chi connectivity index (χ0v) is 17.3. The summed E-state index contributed by atoms with van der Waals surface area (Å²) >= 11 is 7.75. The number of carbonyl (C=O) groups excluding carboxylic acids is 1. The molecule has 28 heavy (non-hydrogen) atoms. The molecule has 0 N–H and O–H groups in total. The van der Waals surface area contributed by atoms with Gasteiger partial charge in [-0.05, 0) is 35.2 Å². The number of rotatable bonds is 8. The third kappa shape index (κ3) is 4.35. The summed E-state index contributed by atoms with van der Waals surface area (Å²) in [6.07, 6.45) is 0.951. The van der Waals surface area contributed by atoms with Crippen molar-refractivity contribution < 1.29 is 19.0 Å². The van der Waals surface area contributed by atoms with Crippen LogP contribution in [0.2, 0.25) is 5.02 Å². The van der Waals surface area contributed by atoms with Crippen molar-refractivity contribution in [1.29, 1.82) is 0 Å². The number of hydrogen-bond donors (Lipinski definition) is 0. The summed E-state index contributed by atoms with van der Waals surface area (Å²) in [4.78, 5) is 17.8. The molecule has 0 radical (unpaired) electrons. The van der Waals surface area contributed by atoms with Crippen LogP contribution in [0.1, 0.15) is 16.5 Å². The van der Waals surface area contributed by atoms with Gasteiger partial charge in [0.15, 0.2) is 23.4 Å². The highest BCUT2D eigenvalue weighted by atomic mass is 35.5. The van der Waals surface area contributed by atoms with Crippen molar-refractivity contribution in [3.63, 3.8) is 0 Å².